The van der Waals surface area contributed by atoms with E-state index in [1.54, 1.807) is 18.2 Å². The molecule has 0 aliphatic heterocycles. The molecule has 1 aromatic carbocycles. The first-order valence-corrected chi connectivity index (χ1v) is 6.75. The monoisotopic (exact) mass is 305 g/mol. The van der Waals surface area contributed by atoms with Crippen LogP contribution in [-0.2, 0) is 14.3 Å². The van der Waals surface area contributed by atoms with Crippen molar-refractivity contribution in [2.24, 2.45) is 0 Å². The van der Waals surface area contributed by atoms with E-state index in [0.29, 0.717) is 23.7 Å². The minimum absolute atomic E-state index is 0.0878. The van der Waals surface area contributed by atoms with Crippen LogP contribution in [0.15, 0.2) is 23.8 Å². The van der Waals surface area contributed by atoms with Crippen LogP contribution in [0.1, 0.15) is 12.5 Å². The van der Waals surface area contributed by atoms with E-state index in [1.807, 2.05) is 13.0 Å². The molecule has 22 heavy (non-hydrogen) atoms. The van der Waals surface area contributed by atoms with Gasteiger partial charge in [-0.25, -0.2) is 4.79 Å². The molecule has 1 rings (SSSR count). The van der Waals surface area contributed by atoms with Crippen molar-refractivity contribution < 1.29 is 23.7 Å². The minimum Gasteiger partial charge on any atom is -0.492 e. The Kier molecular flexibility index (Phi) is 7.51. The Morgan fingerprint density at radius 2 is 2.09 bits per heavy atom. The van der Waals surface area contributed by atoms with Gasteiger partial charge in [0.1, 0.15) is 18.2 Å². The van der Waals surface area contributed by atoms with Gasteiger partial charge in [0.15, 0.2) is 11.5 Å². The van der Waals surface area contributed by atoms with Crippen LogP contribution in [0.4, 0.5) is 0 Å². The summed E-state index contributed by atoms with van der Waals surface area (Å²) in [6.45, 7) is 2.70. The molecular weight excluding hydrogens is 286 g/mol. The van der Waals surface area contributed by atoms with E-state index in [4.69, 9.17) is 24.2 Å². The molecule has 0 atom stereocenters. The number of nitriles is 1. The van der Waals surface area contributed by atoms with Gasteiger partial charge in [-0.3, -0.25) is 0 Å². The number of nitrogens with zero attached hydrogens (tertiary/aromatic N) is 1. The third-order valence-electron chi connectivity index (χ3n) is 2.67. The fraction of sp³-hybridized carbons (Fsp3) is 0.375. The van der Waals surface area contributed by atoms with Crippen molar-refractivity contribution in [2.75, 3.05) is 34.0 Å². The first-order valence-electron chi connectivity index (χ1n) is 6.75. The van der Waals surface area contributed by atoms with Crippen molar-refractivity contribution in [3.8, 4) is 17.6 Å². The summed E-state index contributed by atoms with van der Waals surface area (Å²) in [5, 5.41) is 9.13. The van der Waals surface area contributed by atoms with Gasteiger partial charge in [-0.15, -0.1) is 0 Å². The minimum atomic E-state index is -0.705. The second-order valence-corrected chi connectivity index (χ2v) is 4.11. The summed E-state index contributed by atoms with van der Waals surface area (Å²) in [5.41, 5.74) is 0.441. The highest BCUT2D eigenvalue weighted by Gasteiger charge is 2.14. The number of para-hydroxylation sites is 1. The van der Waals surface area contributed by atoms with E-state index in [2.05, 4.69) is 0 Å². The van der Waals surface area contributed by atoms with Crippen LogP contribution < -0.4 is 9.47 Å². The number of methoxy groups -OCH3 is 2. The lowest BCUT2D eigenvalue weighted by molar-refractivity contribution is -0.139. The molecule has 0 N–H and O–H groups in total. The van der Waals surface area contributed by atoms with Gasteiger partial charge in [-0.2, -0.15) is 5.26 Å². The Morgan fingerprint density at radius 1 is 1.32 bits per heavy atom. The zero-order chi connectivity index (χ0) is 16.4. The maximum Gasteiger partial charge on any atom is 0.348 e. The molecule has 0 saturated heterocycles. The molecule has 0 aromatic heterocycles. The number of hydrogen-bond acceptors (Lipinski definition) is 6. The second kappa shape index (κ2) is 9.42. The number of esters is 1. The highest BCUT2D eigenvalue weighted by atomic mass is 16.6. The Hall–Kier alpha value is -2.52. The molecule has 0 spiro atoms. The topological polar surface area (TPSA) is 77.8 Å². The van der Waals surface area contributed by atoms with Crippen LogP contribution in [-0.4, -0.2) is 40.0 Å². The largest absolute Gasteiger partial charge is 0.492 e. The predicted molar refractivity (Wildman–Crippen MR) is 80.6 cm³/mol. The van der Waals surface area contributed by atoms with Gasteiger partial charge >= 0.3 is 5.97 Å². The summed E-state index contributed by atoms with van der Waals surface area (Å²) in [7, 11) is 3.00. The van der Waals surface area contributed by atoms with Gasteiger partial charge in [-0.05, 0) is 19.1 Å². The van der Waals surface area contributed by atoms with Gasteiger partial charge in [-0.1, -0.05) is 12.1 Å². The summed E-state index contributed by atoms with van der Waals surface area (Å²) in [6, 6.07) is 7.06. The average Bonchev–Trinajstić information content (AvgIpc) is 2.53. The number of benzene rings is 1. The van der Waals surface area contributed by atoms with Crippen LogP contribution >= 0.6 is 0 Å². The molecular formula is C16H19NO5. The molecule has 0 saturated carbocycles. The molecule has 6 heteroatoms. The SMILES string of the molecule is CCOc1cccc(/C=C(\C#N)C(=O)OCCOC)c1OC. The Bertz CT molecular complexity index is 574. The van der Waals surface area contributed by atoms with E-state index in [9.17, 15) is 4.79 Å². The van der Waals surface area contributed by atoms with Crippen LogP contribution in [0.3, 0.4) is 0 Å². The lowest BCUT2D eigenvalue weighted by Gasteiger charge is -2.11. The standard InChI is InChI=1S/C16H19NO5/c1-4-21-14-7-5-6-12(15(14)20-3)10-13(11-17)16(18)22-9-8-19-2/h5-7,10H,4,8-9H2,1-3H3/b13-10+. The van der Waals surface area contributed by atoms with Crippen molar-refractivity contribution in [3.63, 3.8) is 0 Å². The first-order chi connectivity index (χ1) is 10.7. The number of rotatable bonds is 8. The van der Waals surface area contributed by atoms with Crippen LogP contribution in [0.5, 0.6) is 11.5 Å². The summed E-state index contributed by atoms with van der Waals surface area (Å²) in [6.07, 6.45) is 1.41. The molecule has 0 fully saturated rings. The van der Waals surface area contributed by atoms with E-state index in [-0.39, 0.29) is 18.8 Å². The Labute approximate surface area is 129 Å². The van der Waals surface area contributed by atoms with Crippen molar-refractivity contribution in [2.45, 2.75) is 6.92 Å². The zero-order valence-electron chi connectivity index (χ0n) is 12.9. The smallest absolute Gasteiger partial charge is 0.348 e. The lowest BCUT2D eigenvalue weighted by atomic mass is 10.1. The molecule has 0 aliphatic carbocycles. The molecule has 0 radical (unpaired) electrons. The van der Waals surface area contributed by atoms with Crippen molar-refractivity contribution >= 4 is 12.0 Å². The molecule has 0 aliphatic rings. The van der Waals surface area contributed by atoms with Gasteiger partial charge in [0, 0.05) is 12.7 Å². The van der Waals surface area contributed by atoms with E-state index in [1.165, 1.54) is 20.3 Å². The zero-order valence-corrected chi connectivity index (χ0v) is 12.9. The van der Waals surface area contributed by atoms with E-state index in [0.717, 1.165) is 0 Å². The Balaban J connectivity index is 3.05. The summed E-state index contributed by atoms with van der Waals surface area (Å²) >= 11 is 0. The van der Waals surface area contributed by atoms with Crippen molar-refractivity contribution in [3.05, 3.63) is 29.3 Å². The number of carbonyl (C=O) groups excluding carboxylic acids is 1. The normalized spacial score (nSPS) is 10.7. The second-order valence-electron chi connectivity index (χ2n) is 4.11. The summed E-state index contributed by atoms with van der Waals surface area (Å²) in [4.78, 5) is 11.8. The van der Waals surface area contributed by atoms with Gasteiger partial charge in [0.05, 0.1) is 20.3 Å². The fourth-order valence-corrected chi connectivity index (χ4v) is 1.72. The Morgan fingerprint density at radius 3 is 2.68 bits per heavy atom. The number of carbonyl (C=O) groups is 1. The van der Waals surface area contributed by atoms with Crippen LogP contribution in [0, 0.1) is 11.3 Å². The molecule has 0 bridgehead atoms. The van der Waals surface area contributed by atoms with E-state index >= 15 is 0 Å². The van der Waals surface area contributed by atoms with Gasteiger partial charge < -0.3 is 18.9 Å². The molecule has 0 unspecified atom stereocenters. The van der Waals surface area contributed by atoms with E-state index < -0.39 is 5.97 Å². The lowest BCUT2D eigenvalue weighted by Crippen LogP contribution is -2.11. The van der Waals surface area contributed by atoms with Crippen molar-refractivity contribution in [1.82, 2.24) is 0 Å². The summed E-state index contributed by atoms with van der Waals surface area (Å²) < 4.78 is 20.5. The van der Waals surface area contributed by atoms with Crippen LogP contribution in [0.2, 0.25) is 0 Å². The molecule has 0 amide bonds. The average molecular weight is 305 g/mol. The number of ether oxygens (including phenoxy) is 4. The maximum absolute atomic E-state index is 11.8. The first kappa shape index (κ1) is 17.5. The fourth-order valence-electron chi connectivity index (χ4n) is 1.72. The van der Waals surface area contributed by atoms with Crippen molar-refractivity contribution in [1.29, 1.82) is 5.26 Å². The maximum atomic E-state index is 11.8. The highest BCUT2D eigenvalue weighted by Crippen LogP contribution is 2.32. The van der Waals surface area contributed by atoms with Gasteiger partial charge in [0.25, 0.3) is 0 Å². The van der Waals surface area contributed by atoms with Gasteiger partial charge in [0.2, 0.25) is 0 Å². The third-order valence-corrected chi connectivity index (χ3v) is 2.67. The predicted octanol–water partition coefficient (Wildman–Crippen LogP) is 2.19. The highest BCUT2D eigenvalue weighted by molar-refractivity contribution is 5.98. The van der Waals surface area contributed by atoms with Crippen LogP contribution in [0.25, 0.3) is 6.08 Å². The third kappa shape index (κ3) is 4.79. The molecule has 118 valence electrons. The summed E-state index contributed by atoms with van der Waals surface area (Å²) in [5.74, 6) is 0.300. The number of hydrogen-bond donors (Lipinski definition) is 0. The molecule has 0 heterocycles. The quantitative estimate of drug-likeness (QED) is 0.317. The molecule has 1 aromatic rings. The molecule has 6 nitrogen and oxygen atoms in total.